The van der Waals surface area contributed by atoms with E-state index < -0.39 is 0 Å². The number of H-pyrrole nitrogens is 1. The number of aromatic nitrogens is 1. The summed E-state index contributed by atoms with van der Waals surface area (Å²) in [7, 11) is 0. The second-order valence-electron chi connectivity index (χ2n) is 6.51. The number of nitrogens with one attached hydrogen (secondary N) is 1. The molecule has 0 atom stereocenters. The lowest BCUT2D eigenvalue weighted by molar-refractivity contribution is 0.104. The Morgan fingerprint density at radius 3 is 2.59 bits per heavy atom. The van der Waals surface area contributed by atoms with Crippen LogP contribution < -0.4 is 20.3 Å². The summed E-state index contributed by atoms with van der Waals surface area (Å²) in [5.41, 5.74) is 2.64. The van der Waals surface area contributed by atoms with Gasteiger partial charge in [-0.1, -0.05) is 54.1 Å². The molecule has 2 aromatic carbocycles. The van der Waals surface area contributed by atoms with Gasteiger partial charge < -0.3 is 14.6 Å². The van der Waals surface area contributed by atoms with Crippen LogP contribution in [-0.4, -0.2) is 10.8 Å². The van der Waals surface area contributed by atoms with Gasteiger partial charge in [0, 0.05) is 23.9 Å². The van der Waals surface area contributed by atoms with E-state index in [-0.39, 0.29) is 5.78 Å². The summed E-state index contributed by atoms with van der Waals surface area (Å²) in [6, 6.07) is 18.0. The van der Waals surface area contributed by atoms with E-state index in [9.17, 15) is 4.79 Å². The summed E-state index contributed by atoms with van der Waals surface area (Å²) in [4.78, 5) is 17.9. The van der Waals surface area contributed by atoms with E-state index >= 15 is 0 Å². The number of fused-ring (bicyclic) bond motifs is 4. The number of ether oxygens (including phenoxy) is 1. The van der Waals surface area contributed by atoms with Crippen molar-refractivity contribution in [1.29, 1.82) is 0 Å². The molecule has 0 amide bonds. The monoisotopic (exact) mass is 374 g/mol. The number of anilines is 1. The fourth-order valence-electron chi connectivity index (χ4n) is 3.48. The third-order valence-corrected chi connectivity index (χ3v) is 4.89. The molecule has 1 aromatic heterocycles. The SMILES string of the molecule is O=C1C=C(Cl)C=c2[nH]c3c(c21)Oc1ccccc1N(Cc1ccccc1)C=3. The van der Waals surface area contributed by atoms with Gasteiger partial charge in [0.1, 0.15) is 0 Å². The first-order valence-electron chi connectivity index (χ1n) is 8.63. The maximum Gasteiger partial charge on any atom is 0.193 e. The molecular formula is C22H15ClN2O2. The van der Waals surface area contributed by atoms with Gasteiger partial charge in [0.05, 0.1) is 21.9 Å². The van der Waals surface area contributed by atoms with Crippen LogP contribution in [0, 0.1) is 0 Å². The summed E-state index contributed by atoms with van der Waals surface area (Å²) in [5.74, 6) is 1.09. The molecule has 0 saturated heterocycles. The molecule has 1 aliphatic heterocycles. The zero-order valence-corrected chi connectivity index (χ0v) is 15.0. The van der Waals surface area contributed by atoms with E-state index in [1.54, 1.807) is 6.08 Å². The molecule has 0 bridgehead atoms. The van der Waals surface area contributed by atoms with E-state index in [1.165, 1.54) is 11.6 Å². The highest BCUT2D eigenvalue weighted by molar-refractivity contribution is 6.37. The van der Waals surface area contributed by atoms with Gasteiger partial charge in [-0.15, -0.1) is 0 Å². The highest BCUT2D eigenvalue weighted by Gasteiger charge is 2.25. The average Bonchev–Trinajstić information content (AvgIpc) is 2.92. The lowest BCUT2D eigenvalue weighted by Gasteiger charge is -2.21. The first kappa shape index (κ1) is 16.0. The topological polar surface area (TPSA) is 45.3 Å². The Hall–Kier alpha value is -3.24. The first-order valence-corrected chi connectivity index (χ1v) is 9.01. The fraction of sp³-hybridized carbons (Fsp3) is 0.0455. The Morgan fingerprint density at radius 1 is 0.963 bits per heavy atom. The molecule has 0 radical (unpaired) electrons. The number of rotatable bonds is 2. The molecule has 1 N–H and O–H groups in total. The number of allylic oxidation sites excluding steroid dienone is 2. The molecule has 0 fully saturated rings. The molecule has 2 heterocycles. The number of para-hydroxylation sites is 2. The molecule has 5 rings (SSSR count). The van der Waals surface area contributed by atoms with Crippen molar-refractivity contribution in [2.45, 2.75) is 6.54 Å². The number of halogens is 1. The van der Waals surface area contributed by atoms with Crippen molar-refractivity contribution in [3.05, 3.63) is 87.5 Å². The smallest absolute Gasteiger partial charge is 0.193 e. The van der Waals surface area contributed by atoms with Crippen molar-refractivity contribution < 1.29 is 9.53 Å². The third kappa shape index (κ3) is 2.75. The maximum absolute atomic E-state index is 12.5. The minimum Gasteiger partial charge on any atom is -0.452 e. The number of aromatic amines is 1. The van der Waals surface area contributed by atoms with Crippen LogP contribution in [0.4, 0.5) is 5.69 Å². The molecule has 4 nitrogen and oxygen atoms in total. The summed E-state index contributed by atoms with van der Waals surface area (Å²) >= 11 is 6.06. The quantitative estimate of drug-likeness (QED) is 0.744. The van der Waals surface area contributed by atoms with Crippen LogP contribution in [-0.2, 0) is 6.54 Å². The van der Waals surface area contributed by atoms with Gasteiger partial charge in [0.25, 0.3) is 0 Å². The maximum atomic E-state index is 12.5. The summed E-state index contributed by atoms with van der Waals surface area (Å²) < 4.78 is 6.20. The number of benzene rings is 2. The first-order chi connectivity index (χ1) is 13.2. The molecule has 2 aliphatic rings. The predicted octanol–water partition coefficient (Wildman–Crippen LogP) is 3.66. The average molecular weight is 375 g/mol. The molecule has 3 aromatic rings. The van der Waals surface area contributed by atoms with Crippen LogP contribution in [0.5, 0.6) is 11.5 Å². The summed E-state index contributed by atoms with van der Waals surface area (Å²) in [6.45, 7) is 0.682. The van der Waals surface area contributed by atoms with Gasteiger partial charge >= 0.3 is 0 Å². The van der Waals surface area contributed by atoms with Crippen molar-refractivity contribution in [3.8, 4) is 11.5 Å². The predicted molar refractivity (Wildman–Crippen MR) is 106 cm³/mol. The molecule has 5 heteroatoms. The van der Waals surface area contributed by atoms with E-state index in [1.807, 2.05) is 48.7 Å². The van der Waals surface area contributed by atoms with Gasteiger partial charge in [-0.2, -0.15) is 0 Å². The highest BCUT2D eigenvalue weighted by Crippen LogP contribution is 2.35. The molecule has 27 heavy (non-hydrogen) atoms. The molecule has 132 valence electrons. The number of carbonyl (C=O) groups is 1. The molecular weight excluding hydrogens is 360 g/mol. The second kappa shape index (κ2) is 6.18. The highest BCUT2D eigenvalue weighted by atomic mass is 35.5. The van der Waals surface area contributed by atoms with Crippen LogP contribution in [0.2, 0.25) is 0 Å². The Balaban J connectivity index is 1.71. The lowest BCUT2D eigenvalue weighted by Crippen LogP contribution is -2.21. The second-order valence-corrected chi connectivity index (χ2v) is 6.94. The Morgan fingerprint density at radius 2 is 1.74 bits per heavy atom. The van der Waals surface area contributed by atoms with Crippen LogP contribution in [0.3, 0.4) is 0 Å². The fourth-order valence-corrected chi connectivity index (χ4v) is 3.68. The van der Waals surface area contributed by atoms with Crippen molar-refractivity contribution in [1.82, 2.24) is 4.98 Å². The molecule has 0 unspecified atom stereocenters. The van der Waals surface area contributed by atoms with Crippen molar-refractivity contribution in [2.24, 2.45) is 0 Å². The van der Waals surface area contributed by atoms with Gasteiger partial charge in [-0.25, -0.2) is 0 Å². The number of carbonyl (C=O) groups excluding carboxylic acids is 1. The van der Waals surface area contributed by atoms with Crippen molar-refractivity contribution in [3.63, 3.8) is 0 Å². The standard InChI is InChI=1S/C22H15ClN2O2/c23-15-10-16-21(19(26)11-15)22-17(24-16)13-25(12-14-6-2-1-3-7-14)18-8-4-5-9-20(18)27-22/h1-11,13,24H,12H2. The van der Waals surface area contributed by atoms with E-state index in [0.717, 1.165) is 11.0 Å². The van der Waals surface area contributed by atoms with Crippen LogP contribution in [0.15, 0.2) is 65.7 Å². The van der Waals surface area contributed by atoms with E-state index in [0.29, 0.717) is 34.0 Å². The lowest BCUT2D eigenvalue weighted by atomic mass is 10.1. The van der Waals surface area contributed by atoms with Crippen LogP contribution in [0.1, 0.15) is 15.9 Å². The minimum absolute atomic E-state index is 0.155. The van der Waals surface area contributed by atoms with Crippen LogP contribution >= 0.6 is 11.6 Å². The van der Waals surface area contributed by atoms with Gasteiger partial charge in [-0.3, -0.25) is 4.79 Å². The molecule has 1 aliphatic carbocycles. The number of nitrogens with zero attached hydrogens (tertiary/aromatic N) is 1. The zero-order valence-electron chi connectivity index (χ0n) is 14.3. The largest absolute Gasteiger partial charge is 0.452 e. The Labute approximate surface area is 160 Å². The van der Waals surface area contributed by atoms with Gasteiger partial charge in [-0.05, 0) is 23.8 Å². The van der Waals surface area contributed by atoms with Gasteiger partial charge in [0.2, 0.25) is 0 Å². The number of hydrogen-bond acceptors (Lipinski definition) is 3. The minimum atomic E-state index is -0.155. The molecule has 0 saturated carbocycles. The van der Waals surface area contributed by atoms with Gasteiger partial charge in [0.15, 0.2) is 17.3 Å². The number of hydrogen-bond donors (Lipinski definition) is 1. The van der Waals surface area contributed by atoms with E-state index in [4.69, 9.17) is 16.3 Å². The number of ketones is 1. The Bertz CT molecular complexity index is 1210. The van der Waals surface area contributed by atoms with Crippen LogP contribution in [0.25, 0.3) is 12.3 Å². The van der Waals surface area contributed by atoms with Crippen molar-refractivity contribution >= 4 is 35.3 Å². The summed E-state index contributed by atoms with van der Waals surface area (Å²) in [6.07, 6.45) is 5.15. The third-order valence-electron chi connectivity index (χ3n) is 4.68. The zero-order chi connectivity index (χ0) is 18.4. The summed E-state index contributed by atoms with van der Waals surface area (Å²) in [5, 5.41) is 1.83. The van der Waals surface area contributed by atoms with E-state index in [2.05, 4.69) is 22.0 Å². The normalized spacial score (nSPS) is 14.6. The molecule has 0 spiro atoms. The van der Waals surface area contributed by atoms with Crippen molar-refractivity contribution in [2.75, 3.05) is 4.90 Å². The Kier molecular flexibility index (Phi) is 3.66.